The number of nitrogens with one attached hydrogen (secondary N) is 2. The summed E-state index contributed by atoms with van der Waals surface area (Å²) in [6.45, 7) is 7.90. The SMILES string of the molecule is CC(C)NC[C@@H]1CNC[C@H]1Cc1ccccc1. The van der Waals surface area contributed by atoms with Crippen molar-refractivity contribution in [3.63, 3.8) is 0 Å². The summed E-state index contributed by atoms with van der Waals surface area (Å²) in [5, 5.41) is 7.09. The minimum absolute atomic E-state index is 0.591. The summed E-state index contributed by atoms with van der Waals surface area (Å²) >= 11 is 0. The molecule has 2 atom stereocenters. The van der Waals surface area contributed by atoms with Gasteiger partial charge in [-0.15, -0.1) is 0 Å². The Balaban J connectivity index is 1.87. The lowest BCUT2D eigenvalue weighted by atomic mass is 9.89. The third kappa shape index (κ3) is 3.83. The van der Waals surface area contributed by atoms with Crippen LogP contribution in [0.25, 0.3) is 0 Å². The van der Waals surface area contributed by atoms with Gasteiger partial charge in [-0.1, -0.05) is 44.2 Å². The van der Waals surface area contributed by atoms with Crippen molar-refractivity contribution in [2.24, 2.45) is 11.8 Å². The van der Waals surface area contributed by atoms with Gasteiger partial charge in [-0.25, -0.2) is 0 Å². The lowest BCUT2D eigenvalue weighted by Crippen LogP contribution is -2.32. The van der Waals surface area contributed by atoms with E-state index in [1.165, 1.54) is 18.5 Å². The van der Waals surface area contributed by atoms with Gasteiger partial charge in [-0.2, -0.15) is 0 Å². The van der Waals surface area contributed by atoms with Crippen LogP contribution in [-0.4, -0.2) is 25.7 Å². The Morgan fingerprint density at radius 2 is 1.88 bits per heavy atom. The molecule has 0 radical (unpaired) electrons. The molecule has 1 fully saturated rings. The van der Waals surface area contributed by atoms with Gasteiger partial charge in [0, 0.05) is 6.04 Å². The summed E-state index contributed by atoms with van der Waals surface area (Å²) in [4.78, 5) is 0. The Kier molecular flexibility index (Phi) is 4.57. The minimum Gasteiger partial charge on any atom is -0.316 e. The molecule has 94 valence electrons. The van der Waals surface area contributed by atoms with Crippen molar-refractivity contribution in [2.45, 2.75) is 26.3 Å². The second-order valence-electron chi connectivity index (χ2n) is 5.43. The zero-order chi connectivity index (χ0) is 12.1. The van der Waals surface area contributed by atoms with Crippen LogP contribution in [0.2, 0.25) is 0 Å². The van der Waals surface area contributed by atoms with Gasteiger partial charge in [0.25, 0.3) is 0 Å². The zero-order valence-corrected chi connectivity index (χ0v) is 10.9. The second kappa shape index (κ2) is 6.18. The summed E-state index contributed by atoms with van der Waals surface area (Å²) in [7, 11) is 0. The molecule has 17 heavy (non-hydrogen) atoms. The molecule has 0 bridgehead atoms. The molecule has 2 nitrogen and oxygen atoms in total. The van der Waals surface area contributed by atoms with Gasteiger partial charge >= 0.3 is 0 Å². The molecule has 2 N–H and O–H groups in total. The topological polar surface area (TPSA) is 24.1 Å². The van der Waals surface area contributed by atoms with E-state index < -0.39 is 0 Å². The van der Waals surface area contributed by atoms with Crippen LogP contribution < -0.4 is 10.6 Å². The predicted molar refractivity (Wildman–Crippen MR) is 73.1 cm³/mol. The van der Waals surface area contributed by atoms with Crippen LogP contribution in [-0.2, 0) is 6.42 Å². The molecule has 2 heteroatoms. The highest BCUT2D eigenvalue weighted by Crippen LogP contribution is 2.21. The van der Waals surface area contributed by atoms with Crippen LogP contribution in [0, 0.1) is 11.8 Å². The third-order valence-electron chi connectivity index (χ3n) is 3.61. The molecule has 1 aliphatic heterocycles. The van der Waals surface area contributed by atoms with E-state index in [0.717, 1.165) is 24.9 Å². The first-order chi connectivity index (χ1) is 8.25. The third-order valence-corrected chi connectivity index (χ3v) is 3.61. The first-order valence-corrected chi connectivity index (χ1v) is 6.73. The van der Waals surface area contributed by atoms with E-state index in [-0.39, 0.29) is 0 Å². The molecule has 0 spiro atoms. The monoisotopic (exact) mass is 232 g/mol. The molecular weight excluding hydrogens is 208 g/mol. The summed E-state index contributed by atoms with van der Waals surface area (Å²) in [6, 6.07) is 11.4. The average molecular weight is 232 g/mol. The Labute approximate surface area is 105 Å². The van der Waals surface area contributed by atoms with Crippen molar-refractivity contribution in [1.29, 1.82) is 0 Å². The maximum Gasteiger partial charge on any atom is 0.00105 e. The highest BCUT2D eigenvalue weighted by molar-refractivity contribution is 5.16. The average Bonchev–Trinajstić information content (AvgIpc) is 2.75. The molecule has 0 saturated carbocycles. The Hall–Kier alpha value is -0.860. The molecule has 1 heterocycles. The fraction of sp³-hybridized carbons (Fsp3) is 0.600. The molecule has 0 amide bonds. The summed E-state index contributed by atoms with van der Waals surface area (Å²) < 4.78 is 0. The van der Waals surface area contributed by atoms with E-state index in [9.17, 15) is 0 Å². The van der Waals surface area contributed by atoms with Gasteiger partial charge in [0.2, 0.25) is 0 Å². The highest BCUT2D eigenvalue weighted by atomic mass is 15.0. The van der Waals surface area contributed by atoms with Gasteiger partial charge in [0.1, 0.15) is 0 Å². The molecule has 1 saturated heterocycles. The van der Waals surface area contributed by atoms with E-state index in [0.29, 0.717) is 6.04 Å². The largest absolute Gasteiger partial charge is 0.316 e. The molecule has 1 aromatic rings. The number of hydrogen-bond acceptors (Lipinski definition) is 2. The van der Waals surface area contributed by atoms with Crippen molar-refractivity contribution in [2.75, 3.05) is 19.6 Å². The lowest BCUT2D eigenvalue weighted by molar-refractivity contribution is 0.379. The van der Waals surface area contributed by atoms with E-state index in [1.807, 2.05) is 0 Å². The predicted octanol–water partition coefficient (Wildman–Crippen LogP) is 2.06. The van der Waals surface area contributed by atoms with Crippen LogP contribution in [0.5, 0.6) is 0 Å². The number of rotatable bonds is 5. The number of benzene rings is 1. The van der Waals surface area contributed by atoms with Gasteiger partial charge < -0.3 is 10.6 Å². The van der Waals surface area contributed by atoms with Crippen molar-refractivity contribution in [1.82, 2.24) is 10.6 Å². The molecule has 1 aromatic carbocycles. The summed E-state index contributed by atoms with van der Waals surface area (Å²) in [6.07, 6.45) is 1.21. The Morgan fingerprint density at radius 1 is 1.18 bits per heavy atom. The molecular formula is C15H24N2. The molecule has 0 aromatic heterocycles. The van der Waals surface area contributed by atoms with Gasteiger partial charge in [-0.05, 0) is 43.5 Å². The normalized spacial score (nSPS) is 24.4. The smallest absolute Gasteiger partial charge is 0.00105 e. The van der Waals surface area contributed by atoms with Gasteiger partial charge in [0.15, 0.2) is 0 Å². The summed E-state index contributed by atoms with van der Waals surface area (Å²) in [5.74, 6) is 1.56. The summed E-state index contributed by atoms with van der Waals surface area (Å²) in [5.41, 5.74) is 1.47. The zero-order valence-electron chi connectivity index (χ0n) is 10.9. The van der Waals surface area contributed by atoms with E-state index in [2.05, 4.69) is 54.8 Å². The first-order valence-electron chi connectivity index (χ1n) is 6.73. The Morgan fingerprint density at radius 3 is 2.59 bits per heavy atom. The fourth-order valence-corrected chi connectivity index (χ4v) is 2.57. The Bertz CT molecular complexity index is 321. The molecule has 0 unspecified atom stereocenters. The minimum atomic E-state index is 0.591. The van der Waals surface area contributed by atoms with Gasteiger partial charge in [0.05, 0.1) is 0 Å². The quantitative estimate of drug-likeness (QED) is 0.812. The highest BCUT2D eigenvalue weighted by Gasteiger charge is 2.26. The van der Waals surface area contributed by atoms with Gasteiger partial charge in [-0.3, -0.25) is 0 Å². The molecule has 0 aliphatic carbocycles. The van der Waals surface area contributed by atoms with Crippen molar-refractivity contribution in [3.8, 4) is 0 Å². The fourth-order valence-electron chi connectivity index (χ4n) is 2.57. The van der Waals surface area contributed by atoms with Crippen LogP contribution in [0.1, 0.15) is 19.4 Å². The van der Waals surface area contributed by atoms with E-state index in [4.69, 9.17) is 0 Å². The molecule has 1 aliphatic rings. The van der Waals surface area contributed by atoms with Crippen molar-refractivity contribution < 1.29 is 0 Å². The van der Waals surface area contributed by atoms with Crippen LogP contribution in [0.3, 0.4) is 0 Å². The van der Waals surface area contributed by atoms with E-state index >= 15 is 0 Å². The maximum atomic E-state index is 3.56. The maximum absolute atomic E-state index is 3.56. The standard InChI is InChI=1S/C15H24N2/c1-12(2)17-11-15-10-16-9-14(15)8-13-6-4-3-5-7-13/h3-7,12,14-17H,8-11H2,1-2H3/t14-,15+/m1/s1. The van der Waals surface area contributed by atoms with Crippen LogP contribution >= 0.6 is 0 Å². The number of hydrogen-bond donors (Lipinski definition) is 2. The van der Waals surface area contributed by atoms with E-state index in [1.54, 1.807) is 0 Å². The van der Waals surface area contributed by atoms with Crippen molar-refractivity contribution in [3.05, 3.63) is 35.9 Å². The van der Waals surface area contributed by atoms with Crippen LogP contribution in [0.15, 0.2) is 30.3 Å². The first kappa shape index (κ1) is 12.6. The second-order valence-corrected chi connectivity index (χ2v) is 5.43. The van der Waals surface area contributed by atoms with Crippen molar-refractivity contribution >= 4 is 0 Å². The molecule has 2 rings (SSSR count). The lowest BCUT2D eigenvalue weighted by Gasteiger charge is -2.20. The van der Waals surface area contributed by atoms with Crippen LogP contribution in [0.4, 0.5) is 0 Å².